The number of hydrogen-bond acceptors (Lipinski definition) is 9. The summed E-state index contributed by atoms with van der Waals surface area (Å²) in [5.41, 5.74) is 0.800. The fourth-order valence-electron chi connectivity index (χ4n) is 2.23. The number of ether oxygens (including phenoxy) is 3. The number of carbonyl (C=O) groups excluding carboxylic acids is 3. The number of methoxy groups -OCH3 is 1. The van der Waals surface area contributed by atoms with Crippen molar-refractivity contribution in [1.82, 2.24) is 5.32 Å². The molecule has 1 saturated heterocycles. The van der Waals surface area contributed by atoms with Gasteiger partial charge in [-0.3, -0.25) is 14.9 Å². The molecule has 1 aromatic carbocycles. The van der Waals surface area contributed by atoms with Gasteiger partial charge in [0.05, 0.1) is 31.4 Å². The second kappa shape index (κ2) is 12.4. The van der Waals surface area contributed by atoms with Crippen LogP contribution in [0.25, 0.3) is 0 Å². The van der Waals surface area contributed by atoms with Gasteiger partial charge >= 0.3 is 11.9 Å². The van der Waals surface area contributed by atoms with Gasteiger partial charge in [-0.15, -0.1) is 5.10 Å². The number of unbranched alkanes of at least 4 members (excludes halogenated alkanes) is 1. The molecule has 0 aliphatic carbocycles. The van der Waals surface area contributed by atoms with Gasteiger partial charge in [-0.05, 0) is 61.4 Å². The van der Waals surface area contributed by atoms with E-state index < -0.39 is 11.9 Å². The van der Waals surface area contributed by atoms with Crippen molar-refractivity contribution in [2.75, 3.05) is 20.3 Å². The van der Waals surface area contributed by atoms with Gasteiger partial charge in [0.15, 0.2) is 5.17 Å². The average Bonchev–Trinajstić information content (AvgIpc) is 3.08. The van der Waals surface area contributed by atoms with E-state index in [2.05, 4.69) is 20.3 Å². The molecular weight excluding hydrogens is 410 g/mol. The zero-order valence-corrected chi connectivity index (χ0v) is 17.6. The Morgan fingerprint density at radius 2 is 1.97 bits per heavy atom. The Morgan fingerprint density at radius 3 is 2.67 bits per heavy atom. The van der Waals surface area contributed by atoms with Crippen molar-refractivity contribution in [1.29, 1.82) is 0 Å². The van der Waals surface area contributed by atoms with Gasteiger partial charge in [-0.1, -0.05) is 0 Å². The molecule has 30 heavy (non-hydrogen) atoms. The average molecular weight is 433 g/mol. The summed E-state index contributed by atoms with van der Waals surface area (Å²) in [4.78, 5) is 34.4. The lowest BCUT2D eigenvalue weighted by Crippen LogP contribution is -2.19. The molecule has 160 valence electrons. The highest BCUT2D eigenvalue weighted by Gasteiger charge is 2.24. The van der Waals surface area contributed by atoms with Crippen molar-refractivity contribution in [3.8, 4) is 5.75 Å². The van der Waals surface area contributed by atoms with Gasteiger partial charge < -0.3 is 14.2 Å². The molecule has 1 amide bonds. The monoisotopic (exact) mass is 433 g/mol. The molecule has 10 heteroatoms. The van der Waals surface area contributed by atoms with Gasteiger partial charge in [0, 0.05) is 12.5 Å². The van der Waals surface area contributed by atoms with Crippen LogP contribution in [0.1, 0.15) is 31.7 Å². The van der Waals surface area contributed by atoms with E-state index in [1.54, 1.807) is 6.92 Å². The molecule has 9 nitrogen and oxygen atoms in total. The van der Waals surface area contributed by atoms with Crippen molar-refractivity contribution in [3.63, 3.8) is 0 Å². The third kappa shape index (κ3) is 8.08. The first-order valence-electron chi connectivity index (χ1n) is 9.30. The maximum Gasteiger partial charge on any atom is 0.331 e. The van der Waals surface area contributed by atoms with E-state index in [0.29, 0.717) is 25.4 Å². The SMILES string of the molecule is CCOC(=O)CCCCOc1ccc(C=N/N=C2/NC(=O)/C(=C\C(=O)OC)S2)cc1. The van der Waals surface area contributed by atoms with Crippen LogP contribution >= 0.6 is 11.8 Å². The Bertz CT molecular complexity index is 849. The molecule has 1 N–H and O–H groups in total. The van der Waals surface area contributed by atoms with Gasteiger partial charge in [0.2, 0.25) is 0 Å². The summed E-state index contributed by atoms with van der Waals surface area (Å²) < 4.78 is 15.0. The number of amides is 1. The van der Waals surface area contributed by atoms with Crippen LogP contribution < -0.4 is 10.1 Å². The summed E-state index contributed by atoms with van der Waals surface area (Å²) in [7, 11) is 1.23. The van der Waals surface area contributed by atoms with Gasteiger partial charge in [0.1, 0.15) is 5.75 Å². The predicted molar refractivity (Wildman–Crippen MR) is 113 cm³/mol. The van der Waals surface area contributed by atoms with Crippen LogP contribution in [0.2, 0.25) is 0 Å². The van der Waals surface area contributed by atoms with E-state index in [0.717, 1.165) is 36.2 Å². The maximum atomic E-state index is 11.7. The molecule has 1 aliphatic rings. The third-order valence-corrected chi connectivity index (χ3v) is 4.59. The first-order chi connectivity index (χ1) is 14.5. The number of rotatable bonds is 10. The molecule has 0 unspecified atom stereocenters. The predicted octanol–water partition coefficient (Wildman–Crippen LogP) is 2.41. The molecule has 0 spiro atoms. The number of hydrogen-bond donors (Lipinski definition) is 1. The van der Waals surface area contributed by atoms with Crippen LogP contribution in [0.3, 0.4) is 0 Å². The van der Waals surface area contributed by atoms with Crippen molar-refractivity contribution in [3.05, 3.63) is 40.8 Å². The molecule has 0 saturated carbocycles. The number of carbonyl (C=O) groups is 3. The first-order valence-corrected chi connectivity index (χ1v) is 10.1. The summed E-state index contributed by atoms with van der Waals surface area (Å²) in [5.74, 6) is -0.511. The fraction of sp³-hybridized carbons (Fsp3) is 0.350. The van der Waals surface area contributed by atoms with Gasteiger partial charge in [0.25, 0.3) is 5.91 Å². The van der Waals surface area contributed by atoms with E-state index in [1.165, 1.54) is 13.3 Å². The van der Waals surface area contributed by atoms with Crippen LogP contribution in [-0.2, 0) is 23.9 Å². The lowest BCUT2D eigenvalue weighted by atomic mass is 10.2. The van der Waals surface area contributed by atoms with Crippen LogP contribution in [0, 0.1) is 0 Å². The summed E-state index contributed by atoms with van der Waals surface area (Å²) in [5, 5.41) is 10.7. The fourth-order valence-corrected chi connectivity index (χ4v) is 2.97. The zero-order valence-electron chi connectivity index (χ0n) is 16.8. The highest BCUT2D eigenvalue weighted by Crippen LogP contribution is 2.23. The van der Waals surface area contributed by atoms with Crippen molar-refractivity contribution >= 4 is 41.0 Å². The summed E-state index contributed by atoms with van der Waals surface area (Å²) in [6.07, 6.45) is 4.50. The standard InChI is InChI=1S/C20H23N3O6S/c1-3-28-17(24)6-4-5-11-29-15-9-7-14(8-10-15)13-21-23-20-22-19(26)16(30-20)12-18(25)27-2/h7-10,12-13H,3-6,11H2,1-2H3,(H,22,23,26)/b16-12+,21-13?. The minimum absolute atomic E-state index is 0.184. The van der Waals surface area contributed by atoms with Crippen LogP contribution in [0.5, 0.6) is 5.75 Å². The van der Waals surface area contributed by atoms with E-state index in [-0.39, 0.29) is 16.0 Å². The molecule has 0 radical (unpaired) electrons. The topological polar surface area (TPSA) is 116 Å². The van der Waals surface area contributed by atoms with E-state index in [4.69, 9.17) is 9.47 Å². The summed E-state index contributed by atoms with van der Waals surface area (Å²) in [6, 6.07) is 7.26. The zero-order chi connectivity index (χ0) is 21.8. The molecule has 1 aliphatic heterocycles. The molecule has 1 heterocycles. The quantitative estimate of drug-likeness (QED) is 0.198. The second-order valence-electron chi connectivity index (χ2n) is 5.92. The Balaban J connectivity index is 1.76. The molecule has 2 rings (SSSR count). The molecule has 1 aromatic rings. The van der Waals surface area contributed by atoms with E-state index in [9.17, 15) is 14.4 Å². The normalized spacial score (nSPS) is 16.1. The smallest absolute Gasteiger partial charge is 0.331 e. The number of esters is 2. The number of thioether (sulfide) groups is 1. The van der Waals surface area contributed by atoms with Crippen LogP contribution in [0.4, 0.5) is 0 Å². The molecular formula is C20H23N3O6S. The van der Waals surface area contributed by atoms with Gasteiger partial charge in [-0.2, -0.15) is 5.10 Å². The lowest BCUT2D eigenvalue weighted by molar-refractivity contribution is -0.143. The minimum Gasteiger partial charge on any atom is -0.494 e. The van der Waals surface area contributed by atoms with Crippen LogP contribution in [0.15, 0.2) is 45.4 Å². The van der Waals surface area contributed by atoms with Gasteiger partial charge in [-0.25, -0.2) is 4.79 Å². The molecule has 0 atom stereocenters. The largest absolute Gasteiger partial charge is 0.494 e. The summed E-state index contributed by atoms with van der Waals surface area (Å²) >= 11 is 1.00. The van der Waals surface area contributed by atoms with Crippen molar-refractivity contribution in [2.24, 2.45) is 10.2 Å². The number of nitrogens with zero attached hydrogens (tertiary/aromatic N) is 2. The highest BCUT2D eigenvalue weighted by atomic mass is 32.2. The minimum atomic E-state index is -0.612. The lowest BCUT2D eigenvalue weighted by Gasteiger charge is -2.06. The van der Waals surface area contributed by atoms with Crippen molar-refractivity contribution in [2.45, 2.75) is 26.2 Å². The maximum absolute atomic E-state index is 11.7. The highest BCUT2D eigenvalue weighted by molar-refractivity contribution is 8.18. The molecule has 0 aromatic heterocycles. The van der Waals surface area contributed by atoms with E-state index in [1.807, 2.05) is 24.3 Å². The van der Waals surface area contributed by atoms with Crippen LogP contribution in [-0.4, -0.2) is 49.6 Å². The number of nitrogens with one attached hydrogen (secondary N) is 1. The summed E-state index contributed by atoms with van der Waals surface area (Å²) in [6.45, 7) is 2.70. The molecule has 0 bridgehead atoms. The van der Waals surface area contributed by atoms with Crippen molar-refractivity contribution < 1.29 is 28.6 Å². The number of benzene rings is 1. The Labute approximate surface area is 178 Å². The molecule has 1 fully saturated rings. The first kappa shape index (κ1) is 23.1. The Kier molecular flexibility index (Phi) is 9.59. The number of amidine groups is 1. The third-order valence-electron chi connectivity index (χ3n) is 3.69. The Morgan fingerprint density at radius 1 is 1.20 bits per heavy atom. The van der Waals surface area contributed by atoms with E-state index >= 15 is 0 Å². The Hall–Kier alpha value is -3.14. The second-order valence-corrected chi connectivity index (χ2v) is 6.95.